The van der Waals surface area contributed by atoms with Gasteiger partial charge >= 0.3 is 42.4 Å². The first-order chi connectivity index (χ1) is 2.50. The third-order valence-corrected chi connectivity index (χ3v) is 5.41. The van der Waals surface area contributed by atoms with Crippen molar-refractivity contribution in [2.45, 2.75) is 10.9 Å². The Labute approximate surface area is 42.7 Å². The minimum absolute atomic E-state index is 0.197. The molecule has 0 atom stereocenters. The molecule has 0 aromatic heterocycles. The van der Waals surface area contributed by atoms with Gasteiger partial charge in [-0.05, 0) is 0 Å². The van der Waals surface area contributed by atoms with Crippen LogP contribution < -0.4 is 3.54 Å². The Hall–Kier alpha value is 0.759. The van der Waals surface area contributed by atoms with Crippen molar-refractivity contribution in [1.29, 1.82) is 0 Å². The zero-order valence-electron chi connectivity index (χ0n) is 3.33. The van der Waals surface area contributed by atoms with Crippen LogP contribution in [0.25, 0.3) is 0 Å². The molecule has 0 radical (unpaired) electrons. The Morgan fingerprint density at radius 3 is 2.80 bits per heavy atom. The standard InChI is InChI=1S/C3H7N.Sn.2H/c1-2-3-4;;;/h4H,1-3H2;;;/q-1;+1;;. The normalized spacial score (nSPS) is 28.8. The molecule has 5 heavy (non-hydrogen) atoms. The minimum atomic E-state index is -0.197. The van der Waals surface area contributed by atoms with Gasteiger partial charge in [0.25, 0.3) is 0 Å². The van der Waals surface area contributed by atoms with Crippen LogP contribution in [0.4, 0.5) is 0 Å². The summed E-state index contributed by atoms with van der Waals surface area (Å²) in [6, 6.07) is 0. The summed E-state index contributed by atoms with van der Waals surface area (Å²) in [5, 5.41) is 0. The second-order valence-corrected chi connectivity index (χ2v) is 6.33. The Balaban J connectivity index is 2.08. The molecule has 0 spiro atoms. The summed E-state index contributed by atoms with van der Waals surface area (Å²) >= 11 is -0.197. The Morgan fingerprint density at radius 1 is 1.60 bits per heavy atom. The maximum atomic E-state index is 3.43. The number of nitrogens with one attached hydrogen (secondary N) is 1. The van der Waals surface area contributed by atoms with Crippen molar-refractivity contribution in [1.82, 2.24) is 3.54 Å². The summed E-state index contributed by atoms with van der Waals surface area (Å²) in [4.78, 5) is 0. The number of hydrogen-bond acceptors (Lipinski definition) is 1. The van der Waals surface area contributed by atoms with Crippen LogP contribution in [0.1, 0.15) is 6.42 Å². The van der Waals surface area contributed by atoms with Gasteiger partial charge in [-0.1, -0.05) is 0 Å². The van der Waals surface area contributed by atoms with E-state index in [1.807, 2.05) is 0 Å². The molecule has 0 amide bonds. The van der Waals surface area contributed by atoms with Gasteiger partial charge in [0.05, 0.1) is 0 Å². The van der Waals surface area contributed by atoms with Gasteiger partial charge in [0.2, 0.25) is 0 Å². The number of rotatable bonds is 0. The van der Waals surface area contributed by atoms with Gasteiger partial charge in [0.1, 0.15) is 0 Å². The van der Waals surface area contributed by atoms with Gasteiger partial charge in [-0.15, -0.1) is 0 Å². The fourth-order valence-electron chi connectivity index (χ4n) is 0.625. The molecular weight excluding hydrogens is 169 g/mol. The third-order valence-electron chi connectivity index (χ3n) is 0.957. The van der Waals surface area contributed by atoms with E-state index in [4.69, 9.17) is 0 Å². The molecule has 1 aliphatic heterocycles. The van der Waals surface area contributed by atoms with Crippen molar-refractivity contribution in [2.75, 3.05) is 6.54 Å². The molecule has 0 aromatic rings. The molecular formula is C3H9NSn. The van der Waals surface area contributed by atoms with E-state index in [0.29, 0.717) is 0 Å². The zero-order chi connectivity index (χ0) is 3.54. The topological polar surface area (TPSA) is 12.0 Å². The molecule has 1 N–H and O–H groups in total. The van der Waals surface area contributed by atoms with E-state index in [0.717, 1.165) is 0 Å². The quantitative estimate of drug-likeness (QED) is 0.492. The summed E-state index contributed by atoms with van der Waals surface area (Å²) in [7, 11) is 0. The van der Waals surface area contributed by atoms with E-state index in [1.165, 1.54) is 13.0 Å². The second kappa shape index (κ2) is 2.03. The van der Waals surface area contributed by atoms with Crippen LogP contribution in [-0.2, 0) is 0 Å². The van der Waals surface area contributed by atoms with Crippen molar-refractivity contribution in [3.05, 3.63) is 0 Å². The van der Waals surface area contributed by atoms with Gasteiger partial charge in [-0.25, -0.2) is 0 Å². The molecule has 1 nitrogen and oxygen atoms in total. The van der Waals surface area contributed by atoms with Crippen molar-refractivity contribution >= 4 is 21.4 Å². The van der Waals surface area contributed by atoms with Gasteiger partial charge in [-0.3, -0.25) is 0 Å². The van der Waals surface area contributed by atoms with Crippen molar-refractivity contribution in [3.63, 3.8) is 0 Å². The van der Waals surface area contributed by atoms with Crippen molar-refractivity contribution in [3.8, 4) is 0 Å². The van der Waals surface area contributed by atoms with Crippen LogP contribution in [-0.4, -0.2) is 28.0 Å². The average Bonchev–Trinajstić information content (AvgIpc) is 1.76. The van der Waals surface area contributed by atoms with E-state index in [9.17, 15) is 0 Å². The van der Waals surface area contributed by atoms with E-state index < -0.39 is 0 Å². The Morgan fingerprint density at radius 2 is 2.60 bits per heavy atom. The van der Waals surface area contributed by atoms with Crippen LogP contribution in [0.5, 0.6) is 0 Å². The summed E-state index contributed by atoms with van der Waals surface area (Å²) in [5.41, 5.74) is 0. The molecule has 0 unspecified atom stereocenters. The van der Waals surface area contributed by atoms with Crippen LogP contribution >= 0.6 is 0 Å². The van der Waals surface area contributed by atoms with E-state index in [-0.39, 0.29) is 21.4 Å². The fraction of sp³-hybridized carbons (Fsp3) is 1.00. The van der Waals surface area contributed by atoms with Crippen LogP contribution in [0.2, 0.25) is 4.44 Å². The molecule has 2 heteroatoms. The predicted molar refractivity (Wildman–Crippen MR) is 26.0 cm³/mol. The first kappa shape index (κ1) is 3.93. The second-order valence-electron chi connectivity index (χ2n) is 1.46. The van der Waals surface area contributed by atoms with E-state index in [2.05, 4.69) is 3.54 Å². The van der Waals surface area contributed by atoms with Gasteiger partial charge in [0.15, 0.2) is 0 Å². The fourth-order valence-corrected chi connectivity index (χ4v) is 4.19. The zero-order valence-corrected chi connectivity index (χ0v) is 7.36. The van der Waals surface area contributed by atoms with Crippen LogP contribution in [0.3, 0.4) is 0 Å². The first-order valence-electron chi connectivity index (χ1n) is 2.21. The summed E-state index contributed by atoms with van der Waals surface area (Å²) < 4.78 is 5.03. The predicted octanol–water partition coefficient (Wildman–Crippen LogP) is -0.518. The van der Waals surface area contributed by atoms with Crippen molar-refractivity contribution in [2.24, 2.45) is 0 Å². The van der Waals surface area contributed by atoms with Crippen molar-refractivity contribution < 1.29 is 0 Å². The molecule has 1 rings (SSSR count). The van der Waals surface area contributed by atoms with Gasteiger partial charge in [0, 0.05) is 0 Å². The van der Waals surface area contributed by atoms with Crippen LogP contribution in [0, 0.1) is 0 Å². The molecule has 1 aliphatic rings. The molecule has 0 saturated carbocycles. The third kappa shape index (κ3) is 1.09. The summed E-state index contributed by atoms with van der Waals surface area (Å²) in [5.74, 6) is 0. The molecule has 1 saturated heterocycles. The van der Waals surface area contributed by atoms with E-state index >= 15 is 0 Å². The SMILES string of the molecule is C1C[NH][SnH2][CH2]1. The molecule has 1 fully saturated rings. The molecule has 0 bridgehead atoms. The van der Waals surface area contributed by atoms with Crippen LogP contribution in [0.15, 0.2) is 0 Å². The maximum absolute atomic E-state index is 3.43. The number of hydrogen-bond donors (Lipinski definition) is 1. The Kier molecular flexibility index (Phi) is 1.59. The molecule has 0 aromatic carbocycles. The monoisotopic (exact) mass is 179 g/mol. The van der Waals surface area contributed by atoms with Gasteiger partial charge in [-0.2, -0.15) is 0 Å². The Bertz CT molecular complexity index is 18.5. The molecule has 1 heterocycles. The first-order valence-corrected chi connectivity index (χ1v) is 7.08. The molecule has 30 valence electrons. The van der Waals surface area contributed by atoms with E-state index in [1.54, 1.807) is 4.44 Å². The summed E-state index contributed by atoms with van der Waals surface area (Å²) in [6.45, 7) is 1.34. The van der Waals surface area contributed by atoms with Gasteiger partial charge < -0.3 is 0 Å². The average molecular weight is 178 g/mol. The summed E-state index contributed by atoms with van der Waals surface area (Å²) in [6.07, 6.45) is 1.48. The molecule has 0 aliphatic carbocycles.